The molecule has 0 aliphatic carbocycles. The molecule has 4 aromatic carbocycles. The molecule has 6 aromatic rings. The largest absolute Gasteiger partial charge is 0.268 e. The molecule has 0 atom stereocenters. The molecular formula is C24H13BrN2O. The van der Waals surface area contributed by atoms with Crippen LogP contribution in [0.1, 0.15) is 0 Å². The van der Waals surface area contributed by atoms with E-state index in [9.17, 15) is 4.79 Å². The second-order valence-electron chi connectivity index (χ2n) is 6.97. The van der Waals surface area contributed by atoms with Crippen molar-refractivity contribution in [1.82, 2.24) is 9.38 Å². The SMILES string of the molecule is O=c1c2cccc3c(Br)ccc(c32)c2nc3ccc(-c4ccccc4)cc3n12. The van der Waals surface area contributed by atoms with Crippen molar-refractivity contribution < 1.29 is 0 Å². The molecule has 2 aromatic heterocycles. The van der Waals surface area contributed by atoms with Crippen molar-refractivity contribution in [3.63, 3.8) is 0 Å². The van der Waals surface area contributed by atoms with E-state index in [0.29, 0.717) is 11.0 Å². The van der Waals surface area contributed by atoms with Crippen LogP contribution in [0, 0.1) is 0 Å². The molecule has 0 N–H and O–H groups in total. The van der Waals surface area contributed by atoms with Crippen LogP contribution < -0.4 is 5.56 Å². The lowest BCUT2D eigenvalue weighted by Gasteiger charge is -2.08. The second-order valence-corrected chi connectivity index (χ2v) is 7.82. The topological polar surface area (TPSA) is 34.4 Å². The van der Waals surface area contributed by atoms with Gasteiger partial charge in [-0.15, -0.1) is 0 Å². The van der Waals surface area contributed by atoms with Crippen LogP contribution in [0.2, 0.25) is 0 Å². The Labute approximate surface area is 168 Å². The minimum Gasteiger partial charge on any atom is -0.268 e. The molecule has 0 amide bonds. The van der Waals surface area contributed by atoms with Gasteiger partial charge in [-0.1, -0.05) is 64.5 Å². The van der Waals surface area contributed by atoms with Crippen LogP contribution in [0.15, 0.2) is 88.1 Å². The van der Waals surface area contributed by atoms with Gasteiger partial charge in [-0.05, 0) is 46.8 Å². The number of hydrogen-bond donors (Lipinski definition) is 0. The number of aromatic nitrogens is 2. The average molecular weight is 425 g/mol. The summed E-state index contributed by atoms with van der Waals surface area (Å²) in [6, 6.07) is 26.2. The summed E-state index contributed by atoms with van der Waals surface area (Å²) in [5.74, 6) is 0. The van der Waals surface area contributed by atoms with E-state index in [-0.39, 0.29) is 5.56 Å². The highest BCUT2D eigenvalue weighted by molar-refractivity contribution is 9.10. The predicted molar refractivity (Wildman–Crippen MR) is 118 cm³/mol. The zero-order valence-corrected chi connectivity index (χ0v) is 16.3. The summed E-state index contributed by atoms with van der Waals surface area (Å²) in [4.78, 5) is 18.3. The number of nitrogens with zero attached hydrogens (tertiary/aromatic N) is 2. The van der Waals surface area contributed by atoms with Gasteiger partial charge in [0.15, 0.2) is 0 Å². The molecule has 28 heavy (non-hydrogen) atoms. The van der Waals surface area contributed by atoms with Crippen molar-refractivity contribution in [2.24, 2.45) is 0 Å². The van der Waals surface area contributed by atoms with Crippen LogP contribution in [0.25, 0.3) is 49.4 Å². The third kappa shape index (κ3) is 2.04. The van der Waals surface area contributed by atoms with Crippen molar-refractivity contribution in [1.29, 1.82) is 0 Å². The van der Waals surface area contributed by atoms with Crippen LogP contribution in [-0.2, 0) is 0 Å². The smallest absolute Gasteiger partial charge is 0.264 e. The fraction of sp³-hybridized carbons (Fsp3) is 0. The Kier molecular flexibility index (Phi) is 3.17. The number of fused-ring (bicyclic) bond motifs is 4. The lowest BCUT2D eigenvalue weighted by molar-refractivity contribution is 1.19. The Morgan fingerprint density at radius 2 is 1.57 bits per heavy atom. The standard InChI is InChI=1S/C24H13BrN2O/c25-19-11-10-17-22-16(19)7-4-8-18(22)24(28)27-21-13-15(14-5-2-1-3-6-14)9-12-20(21)26-23(17)27/h1-13H. The van der Waals surface area contributed by atoms with E-state index in [2.05, 4.69) is 40.2 Å². The molecule has 0 aliphatic heterocycles. The van der Waals surface area contributed by atoms with Crippen molar-refractivity contribution in [2.45, 2.75) is 0 Å². The number of halogens is 1. The van der Waals surface area contributed by atoms with Gasteiger partial charge in [0, 0.05) is 20.6 Å². The van der Waals surface area contributed by atoms with Gasteiger partial charge in [-0.2, -0.15) is 0 Å². The van der Waals surface area contributed by atoms with Crippen LogP contribution >= 0.6 is 15.9 Å². The van der Waals surface area contributed by atoms with E-state index in [1.165, 1.54) is 0 Å². The molecule has 2 heterocycles. The summed E-state index contributed by atoms with van der Waals surface area (Å²) in [5.41, 5.74) is 4.54. The summed E-state index contributed by atoms with van der Waals surface area (Å²) in [5, 5.41) is 3.70. The molecule has 4 heteroatoms. The first-order valence-electron chi connectivity index (χ1n) is 9.06. The molecule has 0 bridgehead atoms. The third-order valence-electron chi connectivity index (χ3n) is 5.42. The van der Waals surface area contributed by atoms with Crippen molar-refractivity contribution >= 4 is 54.2 Å². The Morgan fingerprint density at radius 3 is 2.43 bits per heavy atom. The van der Waals surface area contributed by atoms with Crippen molar-refractivity contribution in [2.75, 3.05) is 0 Å². The average Bonchev–Trinajstić information content (AvgIpc) is 3.12. The number of imidazole rings is 1. The van der Waals surface area contributed by atoms with Crippen molar-refractivity contribution in [3.05, 3.63) is 93.7 Å². The number of rotatable bonds is 1. The first kappa shape index (κ1) is 15.8. The molecule has 6 rings (SSSR count). The summed E-state index contributed by atoms with van der Waals surface area (Å²) in [6.07, 6.45) is 0. The van der Waals surface area contributed by atoms with E-state index in [1.807, 2.05) is 54.6 Å². The predicted octanol–water partition coefficient (Wildman–Crippen LogP) is 6.02. The van der Waals surface area contributed by atoms with Crippen LogP contribution in [-0.4, -0.2) is 9.38 Å². The molecule has 0 saturated heterocycles. The third-order valence-corrected chi connectivity index (χ3v) is 6.11. The Hall–Kier alpha value is -3.24. The molecule has 0 fully saturated rings. The van der Waals surface area contributed by atoms with E-state index in [0.717, 1.165) is 42.8 Å². The highest BCUT2D eigenvalue weighted by Crippen LogP contribution is 2.34. The number of hydrogen-bond acceptors (Lipinski definition) is 2. The summed E-state index contributed by atoms with van der Waals surface area (Å²) < 4.78 is 2.74. The number of pyridine rings is 1. The van der Waals surface area contributed by atoms with Crippen LogP contribution in [0.5, 0.6) is 0 Å². The first-order chi connectivity index (χ1) is 13.7. The second kappa shape index (κ2) is 5.63. The van der Waals surface area contributed by atoms with E-state index >= 15 is 0 Å². The maximum atomic E-state index is 13.4. The van der Waals surface area contributed by atoms with E-state index in [1.54, 1.807) is 4.40 Å². The Bertz CT molecular complexity index is 1590. The molecule has 0 saturated carbocycles. The fourth-order valence-corrected chi connectivity index (χ4v) is 4.59. The molecular weight excluding hydrogens is 412 g/mol. The molecule has 132 valence electrons. The van der Waals surface area contributed by atoms with Gasteiger partial charge in [-0.25, -0.2) is 4.98 Å². The lowest BCUT2D eigenvalue weighted by atomic mass is 10.0. The van der Waals surface area contributed by atoms with Gasteiger partial charge in [0.25, 0.3) is 5.56 Å². The Balaban J connectivity index is 1.82. The van der Waals surface area contributed by atoms with Gasteiger partial charge in [0.1, 0.15) is 5.65 Å². The van der Waals surface area contributed by atoms with Gasteiger partial charge in [0.05, 0.1) is 11.0 Å². The van der Waals surface area contributed by atoms with Crippen LogP contribution in [0.4, 0.5) is 0 Å². The highest BCUT2D eigenvalue weighted by atomic mass is 79.9. The van der Waals surface area contributed by atoms with E-state index in [4.69, 9.17) is 4.98 Å². The van der Waals surface area contributed by atoms with Gasteiger partial charge < -0.3 is 0 Å². The molecule has 0 radical (unpaired) electrons. The molecule has 0 aliphatic rings. The van der Waals surface area contributed by atoms with Crippen LogP contribution in [0.3, 0.4) is 0 Å². The summed E-state index contributed by atoms with van der Waals surface area (Å²) in [7, 11) is 0. The quantitative estimate of drug-likeness (QED) is 0.323. The maximum absolute atomic E-state index is 13.4. The molecule has 0 unspecified atom stereocenters. The minimum absolute atomic E-state index is 0.0288. The lowest BCUT2D eigenvalue weighted by Crippen LogP contribution is -2.13. The zero-order chi connectivity index (χ0) is 18.8. The summed E-state index contributed by atoms with van der Waals surface area (Å²) >= 11 is 3.61. The molecule has 0 spiro atoms. The van der Waals surface area contributed by atoms with E-state index < -0.39 is 0 Å². The van der Waals surface area contributed by atoms with Crippen molar-refractivity contribution in [3.8, 4) is 11.1 Å². The zero-order valence-electron chi connectivity index (χ0n) is 14.7. The number of benzene rings is 4. The van der Waals surface area contributed by atoms with Gasteiger partial charge in [0.2, 0.25) is 0 Å². The molecule has 3 nitrogen and oxygen atoms in total. The van der Waals surface area contributed by atoms with Gasteiger partial charge in [-0.3, -0.25) is 9.20 Å². The highest BCUT2D eigenvalue weighted by Gasteiger charge is 2.17. The monoisotopic (exact) mass is 424 g/mol. The first-order valence-corrected chi connectivity index (χ1v) is 9.86. The minimum atomic E-state index is -0.0288. The normalized spacial score (nSPS) is 11.9. The Morgan fingerprint density at radius 1 is 0.750 bits per heavy atom. The van der Waals surface area contributed by atoms with Gasteiger partial charge >= 0.3 is 0 Å². The summed E-state index contributed by atoms with van der Waals surface area (Å²) in [6.45, 7) is 0. The maximum Gasteiger partial charge on any atom is 0.264 e. The fourth-order valence-electron chi connectivity index (χ4n) is 4.13.